The van der Waals surface area contributed by atoms with Gasteiger partial charge in [0, 0.05) is 19.0 Å². The van der Waals surface area contributed by atoms with E-state index in [1.165, 1.54) is 0 Å². The quantitative estimate of drug-likeness (QED) is 0.879. The summed E-state index contributed by atoms with van der Waals surface area (Å²) in [4.78, 5) is 13.6. The van der Waals surface area contributed by atoms with Crippen LogP contribution >= 0.6 is 0 Å². The highest BCUT2D eigenvalue weighted by atomic mass is 16.6. The monoisotopic (exact) mass is 293 g/mol. The Balaban J connectivity index is 1.95. The van der Waals surface area contributed by atoms with Gasteiger partial charge in [0.05, 0.1) is 6.10 Å². The molecule has 2 atom stereocenters. The minimum atomic E-state index is -0.641. The molecule has 0 bridgehead atoms. The number of likely N-dealkylation sites (tertiary alicyclic amines) is 1. The first kappa shape index (κ1) is 15.6. The molecule has 0 radical (unpaired) electrons. The summed E-state index contributed by atoms with van der Waals surface area (Å²) < 4.78 is 5.34. The molecule has 21 heavy (non-hydrogen) atoms. The average molecular weight is 293 g/mol. The molecule has 2 N–H and O–H groups in total. The third-order valence-electron chi connectivity index (χ3n) is 3.56. The molecule has 1 aromatic rings. The second-order valence-corrected chi connectivity index (χ2v) is 6.51. The summed E-state index contributed by atoms with van der Waals surface area (Å²) in [5.74, 6) is 0.162. The lowest BCUT2D eigenvalue weighted by molar-refractivity contribution is 0.0268. The summed E-state index contributed by atoms with van der Waals surface area (Å²) >= 11 is 0. The van der Waals surface area contributed by atoms with Crippen LogP contribution < -0.4 is 0 Å². The number of hydrogen-bond donors (Lipinski definition) is 2. The summed E-state index contributed by atoms with van der Waals surface area (Å²) in [5, 5.41) is 19.7. The van der Waals surface area contributed by atoms with E-state index in [0.29, 0.717) is 13.1 Å². The fourth-order valence-electron chi connectivity index (χ4n) is 2.48. The highest BCUT2D eigenvalue weighted by Gasteiger charge is 2.33. The topological polar surface area (TPSA) is 70.0 Å². The largest absolute Gasteiger partial charge is 0.508 e. The number of ether oxygens (including phenoxy) is 1. The Labute approximate surface area is 125 Å². The summed E-state index contributed by atoms with van der Waals surface area (Å²) in [5.41, 5.74) is 0.244. The van der Waals surface area contributed by atoms with Gasteiger partial charge >= 0.3 is 6.09 Å². The minimum absolute atomic E-state index is 0.0120. The summed E-state index contributed by atoms with van der Waals surface area (Å²) in [7, 11) is 0. The van der Waals surface area contributed by atoms with Crippen LogP contribution in [0.5, 0.6) is 5.75 Å². The van der Waals surface area contributed by atoms with Gasteiger partial charge in [0.25, 0.3) is 0 Å². The van der Waals surface area contributed by atoms with Crippen LogP contribution in [0.2, 0.25) is 0 Å². The fraction of sp³-hybridized carbons (Fsp3) is 0.562. The molecule has 1 aliphatic rings. The Kier molecular flexibility index (Phi) is 4.42. The van der Waals surface area contributed by atoms with Gasteiger partial charge in [-0.05, 0) is 44.9 Å². The molecule has 0 spiro atoms. The molecule has 0 saturated carbocycles. The highest BCUT2D eigenvalue weighted by molar-refractivity contribution is 5.68. The van der Waals surface area contributed by atoms with Crippen molar-refractivity contribution in [3.8, 4) is 5.75 Å². The van der Waals surface area contributed by atoms with Crippen molar-refractivity contribution < 1.29 is 19.7 Å². The van der Waals surface area contributed by atoms with Gasteiger partial charge < -0.3 is 19.8 Å². The standard InChI is InChI=1S/C16H23NO4/c1-16(2,3)21-15(20)17-9-8-12(10-17)14(19)11-4-6-13(18)7-5-11/h4-7,12,14,18-19H,8-10H2,1-3H3. The zero-order valence-corrected chi connectivity index (χ0v) is 12.7. The first-order valence-corrected chi connectivity index (χ1v) is 7.21. The molecule has 1 aromatic carbocycles. The van der Waals surface area contributed by atoms with Crippen LogP contribution in [-0.4, -0.2) is 39.9 Å². The van der Waals surface area contributed by atoms with E-state index >= 15 is 0 Å². The Morgan fingerprint density at radius 2 is 1.95 bits per heavy atom. The Hall–Kier alpha value is -1.75. The van der Waals surface area contributed by atoms with Crippen LogP contribution in [0.25, 0.3) is 0 Å². The number of aromatic hydroxyl groups is 1. The number of hydrogen-bond acceptors (Lipinski definition) is 4. The van der Waals surface area contributed by atoms with Crippen molar-refractivity contribution in [3.05, 3.63) is 29.8 Å². The van der Waals surface area contributed by atoms with Crippen molar-refractivity contribution in [3.63, 3.8) is 0 Å². The fourth-order valence-corrected chi connectivity index (χ4v) is 2.48. The van der Waals surface area contributed by atoms with E-state index < -0.39 is 11.7 Å². The van der Waals surface area contributed by atoms with Gasteiger partial charge in [0.1, 0.15) is 11.4 Å². The lowest BCUT2D eigenvalue weighted by Crippen LogP contribution is -2.35. The van der Waals surface area contributed by atoms with E-state index in [2.05, 4.69) is 0 Å². The second kappa shape index (κ2) is 5.93. The maximum atomic E-state index is 12.0. The van der Waals surface area contributed by atoms with E-state index in [1.807, 2.05) is 20.8 Å². The Morgan fingerprint density at radius 3 is 2.52 bits per heavy atom. The number of aliphatic hydroxyl groups is 1. The second-order valence-electron chi connectivity index (χ2n) is 6.51. The van der Waals surface area contributed by atoms with Gasteiger partial charge in [-0.25, -0.2) is 4.79 Å². The zero-order valence-electron chi connectivity index (χ0n) is 12.7. The molecule has 2 unspecified atom stereocenters. The van der Waals surface area contributed by atoms with Gasteiger partial charge in [-0.1, -0.05) is 12.1 Å². The number of aliphatic hydroxyl groups excluding tert-OH is 1. The maximum Gasteiger partial charge on any atom is 0.410 e. The van der Waals surface area contributed by atoms with Crippen molar-refractivity contribution >= 4 is 6.09 Å². The molecule has 1 fully saturated rings. The van der Waals surface area contributed by atoms with Crippen molar-refractivity contribution in [2.24, 2.45) is 5.92 Å². The van der Waals surface area contributed by atoms with Crippen LogP contribution in [0.3, 0.4) is 0 Å². The van der Waals surface area contributed by atoms with Crippen molar-refractivity contribution in [2.75, 3.05) is 13.1 Å². The molecule has 1 amide bonds. The SMILES string of the molecule is CC(C)(C)OC(=O)N1CCC(C(O)c2ccc(O)cc2)C1. The molecule has 5 heteroatoms. The number of amides is 1. The summed E-state index contributed by atoms with van der Waals surface area (Å²) in [6, 6.07) is 6.52. The lowest BCUT2D eigenvalue weighted by Gasteiger charge is -2.25. The van der Waals surface area contributed by atoms with E-state index in [1.54, 1.807) is 29.2 Å². The van der Waals surface area contributed by atoms with E-state index in [9.17, 15) is 15.0 Å². The van der Waals surface area contributed by atoms with Crippen LogP contribution in [0.15, 0.2) is 24.3 Å². The zero-order chi connectivity index (χ0) is 15.6. The smallest absolute Gasteiger partial charge is 0.410 e. The molecule has 0 aliphatic carbocycles. The maximum absolute atomic E-state index is 12.0. The Bertz CT molecular complexity index is 492. The van der Waals surface area contributed by atoms with Gasteiger partial charge in [0.2, 0.25) is 0 Å². The first-order valence-electron chi connectivity index (χ1n) is 7.21. The third-order valence-corrected chi connectivity index (χ3v) is 3.56. The third kappa shape index (κ3) is 4.11. The van der Waals surface area contributed by atoms with Crippen LogP contribution in [0.1, 0.15) is 38.9 Å². The normalized spacial score (nSPS) is 20.4. The summed E-state index contributed by atoms with van der Waals surface area (Å²) in [6.07, 6.45) is -0.234. The van der Waals surface area contributed by atoms with Gasteiger partial charge in [-0.2, -0.15) is 0 Å². The minimum Gasteiger partial charge on any atom is -0.508 e. The van der Waals surface area contributed by atoms with Gasteiger partial charge in [-0.3, -0.25) is 0 Å². The number of carbonyl (C=O) groups excluding carboxylic acids is 1. The van der Waals surface area contributed by atoms with Gasteiger partial charge in [0.15, 0.2) is 0 Å². The van der Waals surface area contributed by atoms with Crippen molar-refractivity contribution in [1.29, 1.82) is 0 Å². The van der Waals surface area contributed by atoms with Crippen molar-refractivity contribution in [2.45, 2.75) is 38.9 Å². The number of phenolic OH excluding ortho intramolecular Hbond substituents is 1. The van der Waals surface area contributed by atoms with E-state index in [4.69, 9.17) is 4.74 Å². The molecule has 5 nitrogen and oxygen atoms in total. The molecule has 1 aliphatic heterocycles. The van der Waals surface area contributed by atoms with Crippen LogP contribution in [0.4, 0.5) is 4.79 Å². The predicted molar refractivity (Wildman–Crippen MR) is 79.0 cm³/mol. The highest BCUT2D eigenvalue weighted by Crippen LogP contribution is 2.31. The van der Waals surface area contributed by atoms with E-state index in [0.717, 1.165) is 12.0 Å². The predicted octanol–water partition coefficient (Wildman–Crippen LogP) is 2.68. The Morgan fingerprint density at radius 1 is 1.33 bits per heavy atom. The average Bonchev–Trinajstić information content (AvgIpc) is 2.86. The lowest BCUT2D eigenvalue weighted by atomic mass is 9.95. The van der Waals surface area contributed by atoms with Crippen molar-refractivity contribution in [1.82, 2.24) is 4.90 Å². The molecule has 1 saturated heterocycles. The van der Waals surface area contributed by atoms with Crippen LogP contribution in [-0.2, 0) is 4.74 Å². The number of benzene rings is 1. The van der Waals surface area contributed by atoms with E-state index in [-0.39, 0.29) is 17.8 Å². The first-order chi connectivity index (χ1) is 9.76. The number of phenols is 1. The molecule has 116 valence electrons. The number of rotatable bonds is 2. The molecular formula is C16H23NO4. The summed E-state index contributed by atoms with van der Waals surface area (Å²) in [6.45, 7) is 6.59. The molecular weight excluding hydrogens is 270 g/mol. The molecule has 2 rings (SSSR count). The molecule has 1 heterocycles. The molecule has 0 aromatic heterocycles. The number of nitrogens with zero attached hydrogens (tertiary/aromatic N) is 1. The van der Waals surface area contributed by atoms with Crippen LogP contribution in [0, 0.1) is 5.92 Å². The number of carbonyl (C=O) groups is 1. The van der Waals surface area contributed by atoms with Gasteiger partial charge in [-0.15, -0.1) is 0 Å².